The Morgan fingerprint density at radius 1 is 1.03 bits per heavy atom. The van der Waals surface area contributed by atoms with Crippen molar-refractivity contribution < 1.29 is 9.53 Å². The molecule has 0 fully saturated rings. The Balaban J connectivity index is 1.63. The maximum Gasteiger partial charge on any atom is 0.223 e. The molecule has 0 aliphatic heterocycles. The third-order valence-electron chi connectivity index (χ3n) is 6.38. The maximum atomic E-state index is 12.3. The molecule has 0 aliphatic carbocycles. The van der Waals surface area contributed by atoms with Crippen LogP contribution in [0.5, 0.6) is 5.75 Å². The number of fused-ring (bicyclic) bond motifs is 1. The molecule has 1 aromatic heterocycles. The molecule has 1 N–H and O–H groups in total. The van der Waals surface area contributed by atoms with Crippen molar-refractivity contribution in [2.24, 2.45) is 5.92 Å². The average molecular weight is 436 g/mol. The molecule has 0 aliphatic rings. The summed E-state index contributed by atoms with van der Waals surface area (Å²) >= 11 is 0. The number of amides is 1. The molecule has 172 valence electrons. The molecule has 1 unspecified atom stereocenters. The van der Waals surface area contributed by atoms with Crippen LogP contribution in [-0.4, -0.2) is 28.6 Å². The van der Waals surface area contributed by atoms with Crippen LogP contribution in [0, 0.1) is 5.92 Å². The molecular formula is C27H37N3O2. The number of carbonyl (C=O) groups excluding carboxylic acids is 1. The number of para-hydroxylation sites is 2. The van der Waals surface area contributed by atoms with E-state index >= 15 is 0 Å². The highest BCUT2D eigenvalue weighted by Gasteiger charge is 2.15. The fourth-order valence-corrected chi connectivity index (χ4v) is 4.05. The van der Waals surface area contributed by atoms with E-state index in [1.165, 1.54) is 5.56 Å². The van der Waals surface area contributed by atoms with Crippen LogP contribution in [0.15, 0.2) is 48.5 Å². The first kappa shape index (κ1) is 23.8. The van der Waals surface area contributed by atoms with Crippen LogP contribution in [0.2, 0.25) is 0 Å². The van der Waals surface area contributed by atoms with Crippen molar-refractivity contribution in [2.75, 3.05) is 13.2 Å². The molecule has 0 saturated heterocycles. The van der Waals surface area contributed by atoms with Crippen molar-refractivity contribution in [2.45, 2.75) is 65.8 Å². The van der Waals surface area contributed by atoms with E-state index in [-0.39, 0.29) is 11.8 Å². The lowest BCUT2D eigenvalue weighted by molar-refractivity contribution is -0.125. The molecular weight excluding hydrogens is 398 g/mol. The van der Waals surface area contributed by atoms with E-state index in [9.17, 15) is 4.79 Å². The summed E-state index contributed by atoms with van der Waals surface area (Å²) in [5.74, 6) is 2.66. The lowest BCUT2D eigenvalue weighted by Crippen LogP contribution is -2.32. The van der Waals surface area contributed by atoms with Crippen molar-refractivity contribution >= 4 is 16.9 Å². The van der Waals surface area contributed by atoms with Gasteiger partial charge in [0.25, 0.3) is 0 Å². The van der Waals surface area contributed by atoms with Crippen molar-refractivity contribution in [3.63, 3.8) is 0 Å². The van der Waals surface area contributed by atoms with Gasteiger partial charge in [-0.25, -0.2) is 4.98 Å². The van der Waals surface area contributed by atoms with Crippen LogP contribution in [0.1, 0.15) is 64.3 Å². The molecule has 5 heteroatoms. The minimum absolute atomic E-state index is 0.0916. The second-order valence-corrected chi connectivity index (χ2v) is 8.45. The third kappa shape index (κ3) is 5.90. The Hall–Kier alpha value is -2.82. The van der Waals surface area contributed by atoms with Crippen LogP contribution < -0.4 is 10.1 Å². The zero-order chi connectivity index (χ0) is 22.9. The number of carbonyl (C=O) groups is 1. The van der Waals surface area contributed by atoms with Crippen molar-refractivity contribution in [3.05, 3.63) is 59.9 Å². The Morgan fingerprint density at radius 3 is 2.44 bits per heavy atom. The molecule has 1 amide bonds. The fourth-order valence-electron chi connectivity index (χ4n) is 4.05. The number of nitrogens with zero attached hydrogens (tertiary/aromatic N) is 2. The van der Waals surface area contributed by atoms with Gasteiger partial charge in [-0.1, -0.05) is 52.0 Å². The number of ether oxygens (including phenoxy) is 1. The van der Waals surface area contributed by atoms with Crippen molar-refractivity contribution in [1.29, 1.82) is 0 Å². The first-order valence-corrected chi connectivity index (χ1v) is 12.0. The van der Waals surface area contributed by atoms with Gasteiger partial charge in [0.05, 0.1) is 17.6 Å². The topological polar surface area (TPSA) is 56.2 Å². The van der Waals surface area contributed by atoms with E-state index < -0.39 is 0 Å². The summed E-state index contributed by atoms with van der Waals surface area (Å²) in [5, 5.41) is 3.08. The van der Waals surface area contributed by atoms with Gasteiger partial charge in [-0.05, 0) is 55.0 Å². The van der Waals surface area contributed by atoms with Gasteiger partial charge in [0.1, 0.15) is 18.2 Å². The van der Waals surface area contributed by atoms with E-state index in [1.807, 2.05) is 18.2 Å². The lowest BCUT2D eigenvalue weighted by atomic mass is 9.99. The van der Waals surface area contributed by atoms with E-state index in [1.54, 1.807) is 0 Å². The minimum Gasteiger partial charge on any atom is -0.492 e. The molecule has 0 bridgehead atoms. The Labute approximate surface area is 192 Å². The standard InChI is InChI=1S/C27H37N3O2/c1-5-20(4)22-12-14-23(15-13-22)32-19-18-30-25-11-9-8-10-24(25)29-26(30)16-17-28-27(31)21(6-2)7-3/h8-15,20-21H,5-7,16-19H2,1-4H3,(H,28,31). The average Bonchev–Trinajstić information content (AvgIpc) is 3.17. The summed E-state index contributed by atoms with van der Waals surface area (Å²) < 4.78 is 8.25. The van der Waals surface area contributed by atoms with Gasteiger partial charge in [-0.2, -0.15) is 0 Å². The van der Waals surface area contributed by atoms with Gasteiger partial charge in [0.15, 0.2) is 0 Å². The van der Waals surface area contributed by atoms with E-state index in [4.69, 9.17) is 9.72 Å². The zero-order valence-electron chi connectivity index (χ0n) is 19.9. The van der Waals surface area contributed by atoms with Crippen LogP contribution in [0.4, 0.5) is 0 Å². The van der Waals surface area contributed by atoms with Gasteiger partial charge < -0.3 is 14.6 Å². The number of imidazole rings is 1. The molecule has 3 rings (SSSR count). The molecule has 0 spiro atoms. The Kier molecular flexibility index (Phi) is 8.72. The highest BCUT2D eigenvalue weighted by atomic mass is 16.5. The van der Waals surface area contributed by atoms with E-state index in [0.29, 0.717) is 32.0 Å². The summed E-state index contributed by atoms with van der Waals surface area (Å²) in [6.45, 7) is 10.4. The van der Waals surface area contributed by atoms with Gasteiger partial charge >= 0.3 is 0 Å². The zero-order valence-corrected chi connectivity index (χ0v) is 19.9. The molecule has 0 saturated carbocycles. The number of benzene rings is 2. The molecule has 0 radical (unpaired) electrons. The predicted molar refractivity (Wildman–Crippen MR) is 131 cm³/mol. The molecule has 3 aromatic rings. The Morgan fingerprint density at radius 2 is 1.75 bits per heavy atom. The molecule has 5 nitrogen and oxygen atoms in total. The van der Waals surface area contributed by atoms with Gasteiger partial charge in [-0.15, -0.1) is 0 Å². The largest absolute Gasteiger partial charge is 0.492 e. The first-order valence-electron chi connectivity index (χ1n) is 12.0. The maximum absolute atomic E-state index is 12.3. The molecule has 1 atom stereocenters. The number of nitrogens with one attached hydrogen (secondary N) is 1. The number of rotatable bonds is 12. The second kappa shape index (κ2) is 11.7. The highest BCUT2D eigenvalue weighted by Crippen LogP contribution is 2.22. The van der Waals surface area contributed by atoms with Gasteiger partial charge in [-0.3, -0.25) is 4.79 Å². The van der Waals surface area contributed by atoms with Crippen molar-refractivity contribution in [1.82, 2.24) is 14.9 Å². The minimum atomic E-state index is 0.0916. The fraction of sp³-hybridized carbons (Fsp3) is 0.481. The third-order valence-corrected chi connectivity index (χ3v) is 6.38. The summed E-state index contributed by atoms with van der Waals surface area (Å²) in [4.78, 5) is 17.1. The van der Waals surface area contributed by atoms with E-state index in [2.05, 4.69) is 67.9 Å². The second-order valence-electron chi connectivity index (χ2n) is 8.45. The normalized spacial score (nSPS) is 12.3. The van der Waals surface area contributed by atoms with Crippen molar-refractivity contribution in [3.8, 4) is 5.75 Å². The first-order chi connectivity index (χ1) is 15.6. The number of hydrogen-bond acceptors (Lipinski definition) is 3. The lowest BCUT2D eigenvalue weighted by Gasteiger charge is -2.14. The SMILES string of the molecule is CCC(CC)C(=O)NCCc1nc2ccccc2n1CCOc1ccc(C(C)CC)cc1. The van der Waals surface area contributed by atoms with Gasteiger partial charge in [0.2, 0.25) is 5.91 Å². The number of aromatic nitrogens is 2. The molecule has 1 heterocycles. The van der Waals surface area contributed by atoms with Crippen LogP contribution in [-0.2, 0) is 17.8 Å². The summed E-state index contributed by atoms with van der Waals surface area (Å²) in [6.07, 6.45) is 3.58. The number of hydrogen-bond donors (Lipinski definition) is 1. The van der Waals surface area contributed by atoms with E-state index in [0.717, 1.165) is 41.9 Å². The molecule has 32 heavy (non-hydrogen) atoms. The summed E-state index contributed by atoms with van der Waals surface area (Å²) in [7, 11) is 0. The van der Waals surface area contributed by atoms with Gasteiger partial charge in [0, 0.05) is 18.9 Å². The van der Waals surface area contributed by atoms with Crippen LogP contribution >= 0.6 is 0 Å². The van der Waals surface area contributed by atoms with Crippen LogP contribution in [0.25, 0.3) is 11.0 Å². The monoisotopic (exact) mass is 435 g/mol. The highest BCUT2D eigenvalue weighted by molar-refractivity contribution is 5.78. The Bertz CT molecular complexity index is 990. The molecule has 2 aromatic carbocycles. The quantitative estimate of drug-likeness (QED) is 0.396. The summed E-state index contributed by atoms with van der Waals surface area (Å²) in [6, 6.07) is 16.6. The van der Waals surface area contributed by atoms with Crippen LogP contribution in [0.3, 0.4) is 0 Å². The summed E-state index contributed by atoms with van der Waals surface area (Å²) in [5.41, 5.74) is 3.43. The smallest absolute Gasteiger partial charge is 0.223 e. The predicted octanol–water partition coefficient (Wildman–Crippen LogP) is 5.72.